The van der Waals surface area contributed by atoms with E-state index in [0.29, 0.717) is 32.7 Å². The highest BCUT2D eigenvalue weighted by Crippen LogP contribution is 2.42. The molecule has 8 heteroatoms. The monoisotopic (exact) mass is 403 g/mol. The van der Waals surface area contributed by atoms with Gasteiger partial charge >= 0.3 is 12.2 Å². The zero-order valence-electron chi connectivity index (χ0n) is 17.2. The van der Waals surface area contributed by atoms with Crippen LogP contribution in [-0.4, -0.2) is 72.8 Å². The Balaban J connectivity index is 0.000000343. The van der Waals surface area contributed by atoms with E-state index in [4.69, 9.17) is 9.47 Å². The van der Waals surface area contributed by atoms with Gasteiger partial charge in [0, 0.05) is 31.6 Å². The number of cyclic esters (lactones) is 1. The first-order chi connectivity index (χ1) is 13.7. The molecule has 1 aromatic rings. The summed E-state index contributed by atoms with van der Waals surface area (Å²) < 4.78 is 10.2. The standard InChI is InChI=1S/C15H23N3O5.C6H6/c1-14(2,3)23-12(20)17-8-15(9-17)7-16-6-10(15)11(19)18-4-5-22-13(18)21;1-2-4-6-5-3-1/h10,16H,4-9H2,1-3H3;1-6H. The Labute approximate surface area is 171 Å². The van der Waals surface area contributed by atoms with Crippen molar-refractivity contribution in [2.45, 2.75) is 26.4 Å². The molecular weight excluding hydrogens is 374 g/mol. The molecule has 8 nitrogen and oxygen atoms in total. The summed E-state index contributed by atoms with van der Waals surface area (Å²) in [6.45, 7) is 8.13. The highest BCUT2D eigenvalue weighted by molar-refractivity contribution is 5.95. The summed E-state index contributed by atoms with van der Waals surface area (Å²) in [6, 6.07) is 12.0. The molecule has 158 valence electrons. The van der Waals surface area contributed by atoms with Gasteiger partial charge in [0.25, 0.3) is 0 Å². The molecule has 3 aliphatic heterocycles. The van der Waals surface area contributed by atoms with Crippen molar-refractivity contribution in [3.8, 4) is 0 Å². The van der Waals surface area contributed by atoms with Crippen molar-refractivity contribution < 1.29 is 23.9 Å². The minimum Gasteiger partial charge on any atom is -0.447 e. The summed E-state index contributed by atoms with van der Waals surface area (Å²) in [5.41, 5.74) is -0.848. The van der Waals surface area contributed by atoms with Crippen LogP contribution in [0.15, 0.2) is 36.4 Å². The average Bonchev–Trinajstić information content (AvgIpc) is 3.27. The molecule has 1 aromatic carbocycles. The van der Waals surface area contributed by atoms with Crippen LogP contribution in [0.25, 0.3) is 0 Å². The lowest BCUT2D eigenvalue weighted by Crippen LogP contribution is -2.64. The molecule has 0 aliphatic carbocycles. The number of nitrogens with one attached hydrogen (secondary N) is 1. The van der Waals surface area contributed by atoms with Crippen molar-refractivity contribution in [3.05, 3.63) is 36.4 Å². The van der Waals surface area contributed by atoms with Gasteiger partial charge in [-0.25, -0.2) is 14.5 Å². The molecule has 0 aromatic heterocycles. The topological polar surface area (TPSA) is 88.2 Å². The van der Waals surface area contributed by atoms with E-state index < -0.39 is 11.7 Å². The predicted octanol–water partition coefficient (Wildman–Crippen LogP) is 2.11. The van der Waals surface area contributed by atoms with E-state index in [0.717, 1.165) is 0 Å². The van der Waals surface area contributed by atoms with E-state index in [2.05, 4.69) is 5.32 Å². The number of benzene rings is 1. The molecule has 3 saturated heterocycles. The van der Waals surface area contributed by atoms with Crippen LogP contribution in [0, 0.1) is 11.3 Å². The molecule has 1 spiro atoms. The molecule has 3 amide bonds. The third-order valence-electron chi connectivity index (χ3n) is 5.22. The Morgan fingerprint density at radius 1 is 1.14 bits per heavy atom. The minimum absolute atomic E-state index is 0.207. The van der Waals surface area contributed by atoms with Crippen molar-refractivity contribution in [2.24, 2.45) is 11.3 Å². The maximum atomic E-state index is 12.6. The van der Waals surface area contributed by atoms with Crippen molar-refractivity contribution in [3.63, 3.8) is 0 Å². The number of carbonyl (C=O) groups is 3. The third-order valence-corrected chi connectivity index (χ3v) is 5.22. The number of hydrogen-bond donors (Lipinski definition) is 1. The summed E-state index contributed by atoms with van der Waals surface area (Å²) in [5.74, 6) is -0.520. The third kappa shape index (κ3) is 4.87. The second kappa shape index (κ2) is 8.41. The van der Waals surface area contributed by atoms with Crippen molar-refractivity contribution >= 4 is 18.1 Å². The van der Waals surface area contributed by atoms with Crippen molar-refractivity contribution in [2.75, 3.05) is 39.3 Å². The largest absolute Gasteiger partial charge is 0.447 e. The Kier molecular flexibility index (Phi) is 6.12. The van der Waals surface area contributed by atoms with Crippen LogP contribution >= 0.6 is 0 Å². The summed E-state index contributed by atoms with van der Waals surface area (Å²) in [7, 11) is 0. The van der Waals surface area contributed by atoms with Crippen LogP contribution in [0.4, 0.5) is 9.59 Å². The van der Waals surface area contributed by atoms with E-state index in [1.54, 1.807) is 4.90 Å². The van der Waals surface area contributed by atoms with Gasteiger partial charge in [0.05, 0.1) is 12.5 Å². The van der Waals surface area contributed by atoms with E-state index in [1.807, 2.05) is 57.2 Å². The maximum Gasteiger partial charge on any atom is 0.416 e. The molecule has 29 heavy (non-hydrogen) atoms. The van der Waals surface area contributed by atoms with E-state index >= 15 is 0 Å². The predicted molar refractivity (Wildman–Crippen MR) is 106 cm³/mol. The van der Waals surface area contributed by atoms with E-state index in [-0.39, 0.29) is 29.9 Å². The fourth-order valence-corrected chi connectivity index (χ4v) is 3.82. The normalized spacial score (nSPS) is 22.4. The molecule has 1 N–H and O–H groups in total. The SMILES string of the molecule is CC(C)(C)OC(=O)N1CC2(CNCC2C(=O)N2CCOC2=O)C1.c1ccccc1. The van der Waals surface area contributed by atoms with Gasteiger partial charge in [-0.2, -0.15) is 0 Å². The molecule has 4 rings (SSSR count). The lowest BCUT2D eigenvalue weighted by molar-refractivity contribution is -0.139. The summed E-state index contributed by atoms with van der Waals surface area (Å²) in [6.07, 6.45) is -0.929. The molecule has 1 atom stereocenters. The van der Waals surface area contributed by atoms with Crippen molar-refractivity contribution in [1.29, 1.82) is 0 Å². The van der Waals surface area contributed by atoms with Gasteiger partial charge in [-0.05, 0) is 20.8 Å². The molecule has 0 saturated carbocycles. The number of hydrogen-bond acceptors (Lipinski definition) is 6. The van der Waals surface area contributed by atoms with Crippen LogP contribution in [0.1, 0.15) is 20.8 Å². The Morgan fingerprint density at radius 3 is 2.21 bits per heavy atom. The van der Waals surface area contributed by atoms with Gasteiger partial charge in [0.15, 0.2) is 0 Å². The number of amides is 3. The molecule has 0 bridgehead atoms. The number of imide groups is 1. The van der Waals surface area contributed by atoms with Gasteiger partial charge in [-0.15, -0.1) is 0 Å². The van der Waals surface area contributed by atoms with E-state index in [1.165, 1.54) is 4.90 Å². The van der Waals surface area contributed by atoms with Crippen LogP contribution in [-0.2, 0) is 14.3 Å². The van der Waals surface area contributed by atoms with Gasteiger partial charge in [0.2, 0.25) is 5.91 Å². The van der Waals surface area contributed by atoms with Crippen LogP contribution in [0.3, 0.4) is 0 Å². The number of likely N-dealkylation sites (tertiary alicyclic amines) is 1. The molecule has 3 aliphatic rings. The second-order valence-electron chi connectivity index (χ2n) is 8.64. The molecule has 0 radical (unpaired) electrons. The highest BCUT2D eigenvalue weighted by atomic mass is 16.6. The number of ether oxygens (including phenoxy) is 2. The molecular formula is C21H29N3O5. The van der Waals surface area contributed by atoms with Crippen LogP contribution < -0.4 is 5.32 Å². The number of nitrogens with zero attached hydrogens (tertiary/aromatic N) is 2. The first-order valence-corrected chi connectivity index (χ1v) is 9.89. The number of rotatable bonds is 1. The lowest BCUT2D eigenvalue weighted by atomic mass is 9.71. The fourth-order valence-electron chi connectivity index (χ4n) is 3.82. The first-order valence-electron chi connectivity index (χ1n) is 9.89. The smallest absolute Gasteiger partial charge is 0.416 e. The summed E-state index contributed by atoms with van der Waals surface area (Å²) >= 11 is 0. The summed E-state index contributed by atoms with van der Waals surface area (Å²) in [5, 5.41) is 3.21. The quantitative estimate of drug-likeness (QED) is 0.773. The van der Waals surface area contributed by atoms with Crippen LogP contribution in [0.2, 0.25) is 0 Å². The average molecular weight is 403 g/mol. The van der Waals surface area contributed by atoms with Crippen LogP contribution in [0.5, 0.6) is 0 Å². The Morgan fingerprint density at radius 2 is 1.72 bits per heavy atom. The molecule has 3 fully saturated rings. The minimum atomic E-state index is -0.569. The zero-order chi connectivity index (χ0) is 21.1. The van der Waals surface area contributed by atoms with E-state index in [9.17, 15) is 14.4 Å². The molecule has 3 heterocycles. The summed E-state index contributed by atoms with van der Waals surface area (Å²) in [4.78, 5) is 39.1. The number of carbonyl (C=O) groups excluding carboxylic acids is 3. The van der Waals surface area contributed by atoms with Gasteiger partial charge < -0.3 is 19.7 Å². The Bertz CT molecular complexity index is 714. The second-order valence-corrected chi connectivity index (χ2v) is 8.64. The van der Waals surface area contributed by atoms with Gasteiger partial charge in [-0.1, -0.05) is 36.4 Å². The first kappa shape index (κ1) is 21.1. The Hall–Kier alpha value is -2.61. The van der Waals surface area contributed by atoms with Crippen molar-refractivity contribution in [1.82, 2.24) is 15.1 Å². The zero-order valence-corrected chi connectivity index (χ0v) is 17.2. The lowest BCUT2D eigenvalue weighted by Gasteiger charge is -2.50. The fraction of sp³-hybridized carbons (Fsp3) is 0.571. The molecule has 1 unspecified atom stereocenters. The maximum absolute atomic E-state index is 12.6. The van der Waals surface area contributed by atoms with Gasteiger partial charge in [0.1, 0.15) is 12.2 Å². The highest BCUT2D eigenvalue weighted by Gasteiger charge is 2.57. The van der Waals surface area contributed by atoms with Gasteiger partial charge in [-0.3, -0.25) is 4.79 Å².